The molecule has 0 saturated carbocycles. The largest absolute Gasteiger partial charge is 0.496 e. The van der Waals surface area contributed by atoms with E-state index in [1.54, 1.807) is 42.5 Å². The molecule has 0 aromatic heterocycles. The molecule has 4 rings (SSSR count). The van der Waals surface area contributed by atoms with E-state index in [1.807, 2.05) is 18.2 Å². The number of carbonyl (C=O) groups is 3. The highest BCUT2D eigenvalue weighted by atomic mass is 79.9. The molecule has 1 aliphatic heterocycles. The fourth-order valence-corrected chi connectivity index (χ4v) is 4.30. The number of benzene rings is 3. The van der Waals surface area contributed by atoms with E-state index in [-0.39, 0.29) is 5.57 Å². The molecule has 1 aliphatic rings. The molecular formula is C25H17BrCl2N2O4. The Labute approximate surface area is 214 Å². The van der Waals surface area contributed by atoms with Crippen LogP contribution in [0, 0.1) is 0 Å². The van der Waals surface area contributed by atoms with Gasteiger partial charge in [-0.2, -0.15) is 0 Å². The van der Waals surface area contributed by atoms with Crippen molar-refractivity contribution in [3.63, 3.8) is 0 Å². The number of nitrogens with zero attached hydrogens (tertiary/aromatic N) is 1. The number of amides is 4. The van der Waals surface area contributed by atoms with Crippen LogP contribution in [0.4, 0.5) is 10.5 Å². The predicted molar refractivity (Wildman–Crippen MR) is 135 cm³/mol. The minimum absolute atomic E-state index is 0.209. The predicted octanol–water partition coefficient (Wildman–Crippen LogP) is 6.02. The summed E-state index contributed by atoms with van der Waals surface area (Å²) in [5.41, 5.74) is 2.18. The van der Waals surface area contributed by atoms with E-state index in [1.165, 1.54) is 13.2 Å². The van der Waals surface area contributed by atoms with Gasteiger partial charge in [0.1, 0.15) is 11.3 Å². The number of hydrogen-bond donors (Lipinski definition) is 1. The number of urea groups is 1. The standard InChI is InChI=1S/C25H17BrCl2N2O4/c1-34-22-12-14(11-21(28)18(22)13-15-4-2-3-5-20(15)27)10-19-23(31)29-25(33)30(24(19)32)17-8-6-16(26)7-9-17/h2-12H,13H2,1H3,(H,29,31,33)/b19-10+. The maximum atomic E-state index is 13.1. The summed E-state index contributed by atoms with van der Waals surface area (Å²) in [7, 11) is 1.51. The average Bonchev–Trinajstić information content (AvgIpc) is 2.80. The molecule has 0 bridgehead atoms. The van der Waals surface area contributed by atoms with Gasteiger partial charge in [0.2, 0.25) is 0 Å². The summed E-state index contributed by atoms with van der Waals surface area (Å²) in [6, 6.07) is 16.5. The van der Waals surface area contributed by atoms with E-state index < -0.39 is 17.8 Å². The minimum atomic E-state index is -0.819. The van der Waals surface area contributed by atoms with Gasteiger partial charge in [0.05, 0.1) is 12.8 Å². The first-order chi connectivity index (χ1) is 16.3. The fraction of sp³-hybridized carbons (Fsp3) is 0.0800. The van der Waals surface area contributed by atoms with Gasteiger partial charge in [-0.1, -0.05) is 57.3 Å². The van der Waals surface area contributed by atoms with Crippen molar-refractivity contribution in [2.75, 3.05) is 12.0 Å². The zero-order valence-electron chi connectivity index (χ0n) is 17.8. The Bertz CT molecular complexity index is 1340. The van der Waals surface area contributed by atoms with E-state index in [4.69, 9.17) is 27.9 Å². The molecular weight excluding hydrogens is 543 g/mol. The van der Waals surface area contributed by atoms with Crippen LogP contribution >= 0.6 is 39.1 Å². The number of anilines is 1. The molecule has 0 spiro atoms. The highest BCUT2D eigenvalue weighted by Crippen LogP contribution is 2.33. The summed E-state index contributed by atoms with van der Waals surface area (Å²) < 4.78 is 6.31. The van der Waals surface area contributed by atoms with Crippen molar-refractivity contribution in [2.24, 2.45) is 0 Å². The third-order valence-corrected chi connectivity index (χ3v) is 6.45. The highest BCUT2D eigenvalue weighted by molar-refractivity contribution is 9.10. The van der Waals surface area contributed by atoms with Crippen LogP contribution in [-0.4, -0.2) is 25.0 Å². The number of hydrogen-bond acceptors (Lipinski definition) is 4. The lowest BCUT2D eigenvalue weighted by Gasteiger charge is -2.26. The molecule has 0 atom stereocenters. The molecule has 172 valence electrons. The van der Waals surface area contributed by atoms with Gasteiger partial charge in [0, 0.05) is 26.5 Å². The number of ether oxygens (including phenoxy) is 1. The maximum Gasteiger partial charge on any atom is 0.335 e. The highest BCUT2D eigenvalue weighted by Gasteiger charge is 2.36. The molecule has 9 heteroatoms. The summed E-state index contributed by atoms with van der Waals surface area (Å²) in [6.07, 6.45) is 1.81. The van der Waals surface area contributed by atoms with Crippen molar-refractivity contribution >= 4 is 68.7 Å². The van der Waals surface area contributed by atoms with Crippen molar-refractivity contribution < 1.29 is 19.1 Å². The molecule has 3 aromatic carbocycles. The molecule has 0 unspecified atom stereocenters. The quantitative estimate of drug-likeness (QED) is 0.306. The van der Waals surface area contributed by atoms with E-state index in [9.17, 15) is 14.4 Å². The van der Waals surface area contributed by atoms with Gasteiger partial charge in [-0.25, -0.2) is 9.69 Å². The molecule has 3 aromatic rings. The molecule has 6 nitrogen and oxygen atoms in total. The lowest BCUT2D eigenvalue weighted by molar-refractivity contribution is -0.122. The van der Waals surface area contributed by atoms with Crippen LogP contribution in [0.5, 0.6) is 5.75 Å². The first kappa shape index (κ1) is 24.0. The van der Waals surface area contributed by atoms with Crippen molar-refractivity contribution in [2.45, 2.75) is 6.42 Å². The van der Waals surface area contributed by atoms with Gasteiger partial charge >= 0.3 is 6.03 Å². The van der Waals surface area contributed by atoms with Crippen molar-refractivity contribution in [1.82, 2.24) is 5.32 Å². The van der Waals surface area contributed by atoms with Gasteiger partial charge in [0.25, 0.3) is 11.8 Å². The third-order valence-electron chi connectivity index (χ3n) is 5.22. The number of carbonyl (C=O) groups excluding carboxylic acids is 3. The number of halogens is 3. The Kier molecular flexibility index (Phi) is 7.07. The van der Waals surface area contributed by atoms with Gasteiger partial charge in [0.15, 0.2) is 0 Å². The van der Waals surface area contributed by atoms with E-state index >= 15 is 0 Å². The summed E-state index contributed by atoms with van der Waals surface area (Å²) in [5.74, 6) is -1.06. The summed E-state index contributed by atoms with van der Waals surface area (Å²) >= 11 is 16.2. The van der Waals surface area contributed by atoms with Gasteiger partial charge in [-0.3, -0.25) is 14.9 Å². The SMILES string of the molecule is COc1cc(/C=C2\C(=O)NC(=O)N(c3ccc(Br)cc3)C2=O)cc(Cl)c1Cc1ccccc1Cl. The van der Waals surface area contributed by atoms with E-state index in [2.05, 4.69) is 21.2 Å². The summed E-state index contributed by atoms with van der Waals surface area (Å²) in [4.78, 5) is 38.9. The van der Waals surface area contributed by atoms with Crippen LogP contribution in [-0.2, 0) is 16.0 Å². The zero-order valence-corrected chi connectivity index (χ0v) is 20.9. The van der Waals surface area contributed by atoms with Crippen LogP contribution in [0.25, 0.3) is 6.08 Å². The van der Waals surface area contributed by atoms with Crippen molar-refractivity contribution in [3.05, 3.63) is 97.4 Å². The second-order valence-electron chi connectivity index (χ2n) is 7.39. The lowest BCUT2D eigenvalue weighted by atomic mass is 10.00. The van der Waals surface area contributed by atoms with Crippen LogP contribution in [0.3, 0.4) is 0 Å². The summed E-state index contributed by atoms with van der Waals surface area (Å²) in [5, 5.41) is 3.20. The average molecular weight is 560 g/mol. The molecule has 1 heterocycles. The first-order valence-corrected chi connectivity index (χ1v) is 11.6. The Morgan fingerprint density at radius 3 is 2.38 bits per heavy atom. The number of barbiturate groups is 1. The normalized spacial score (nSPS) is 15.0. The maximum absolute atomic E-state index is 13.1. The second-order valence-corrected chi connectivity index (χ2v) is 9.12. The number of methoxy groups -OCH3 is 1. The smallest absolute Gasteiger partial charge is 0.335 e. The Hall–Kier alpha value is -3.13. The van der Waals surface area contributed by atoms with Crippen LogP contribution in [0.1, 0.15) is 16.7 Å². The molecule has 0 radical (unpaired) electrons. The zero-order chi connectivity index (χ0) is 24.4. The molecule has 1 fully saturated rings. The topological polar surface area (TPSA) is 75.7 Å². The van der Waals surface area contributed by atoms with Crippen LogP contribution in [0.15, 0.2) is 70.7 Å². The van der Waals surface area contributed by atoms with Crippen LogP contribution in [0.2, 0.25) is 10.0 Å². The summed E-state index contributed by atoms with van der Waals surface area (Å²) in [6.45, 7) is 0. The monoisotopic (exact) mass is 558 g/mol. The number of rotatable bonds is 5. The molecule has 1 N–H and O–H groups in total. The number of imide groups is 2. The Morgan fingerprint density at radius 2 is 1.71 bits per heavy atom. The second kappa shape index (κ2) is 10.0. The van der Waals surface area contributed by atoms with Gasteiger partial charge < -0.3 is 4.74 Å². The molecule has 34 heavy (non-hydrogen) atoms. The third kappa shape index (κ3) is 4.87. The first-order valence-electron chi connectivity index (χ1n) is 10.1. The molecule has 1 saturated heterocycles. The van der Waals surface area contributed by atoms with Crippen molar-refractivity contribution in [1.29, 1.82) is 0 Å². The van der Waals surface area contributed by atoms with Crippen molar-refractivity contribution in [3.8, 4) is 5.75 Å². The van der Waals surface area contributed by atoms with E-state index in [0.29, 0.717) is 39.0 Å². The Morgan fingerprint density at radius 1 is 1.00 bits per heavy atom. The number of nitrogens with one attached hydrogen (secondary N) is 1. The molecule has 0 aliphatic carbocycles. The fourth-order valence-electron chi connectivity index (χ4n) is 3.55. The minimum Gasteiger partial charge on any atom is -0.496 e. The molecule has 4 amide bonds. The van der Waals surface area contributed by atoms with Gasteiger partial charge in [-0.15, -0.1) is 0 Å². The van der Waals surface area contributed by atoms with E-state index in [0.717, 1.165) is 14.9 Å². The van der Waals surface area contributed by atoms with Gasteiger partial charge in [-0.05, 0) is 59.7 Å². The Balaban J connectivity index is 1.71. The lowest BCUT2D eigenvalue weighted by Crippen LogP contribution is -2.54. The van der Waals surface area contributed by atoms with Crippen LogP contribution < -0.4 is 15.0 Å².